The highest BCUT2D eigenvalue weighted by Crippen LogP contribution is 2.32. The second kappa shape index (κ2) is 9.58. The van der Waals surface area contributed by atoms with Crippen molar-refractivity contribution in [2.24, 2.45) is 0 Å². The van der Waals surface area contributed by atoms with E-state index in [1.54, 1.807) is 19.1 Å². The van der Waals surface area contributed by atoms with Crippen LogP contribution in [0.25, 0.3) is 17.2 Å². The third-order valence-corrected chi connectivity index (χ3v) is 5.66. The number of nitriles is 1. The Morgan fingerprint density at radius 2 is 1.90 bits per heavy atom. The molecule has 4 nitrogen and oxygen atoms in total. The highest BCUT2D eigenvalue weighted by atomic mass is 19.1. The smallest absolute Gasteiger partial charge is 0.247 e. The molecule has 0 aliphatic heterocycles. The lowest BCUT2D eigenvalue weighted by atomic mass is 9.93. The topological polar surface area (TPSA) is 64.9 Å². The number of rotatable bonds is 6. The minimum absolute atomic E-state index is 0.0220. The largest absolute Gasteiger partial charge is 0.382 e. The highest BCUT2D eigenvalue weighted by Gasteiger charge is 2.16. The Balaban J connectivity index is 1.84. The van der Waals surface area contributed by atoms with Crippen LogP contribution in [-0.4, -0.2) is 18.5 Å². The van der Waals surface area contributed by atoms with Crippen molar-refractivity contribution in [3.8, 4) is 17.2 Å². The van der Waals surface area contributed by atoms with Crippen molar-refractivity contribution in [1.82, 2.24) is 5.32 Å². The van der Waals surface area contributed by atoms with Crippen molar-refractivity contribution in [3.05, 3.63) is 58.4 Å². The van der Waals surface area contributed by atoms with Gasteiger partial charge < -0.3 is 10.6 Å². The lowest BCUT2D eigenvalue weighted by molar-refractivity contribution is -0.117. The van der Waals surface area contributed by atoms with E-state index in [0.717, 1.165) is 40.8 Å². The molecule has 5 heteroatoms. The molecule has 0 saturated heterocycles. The average Bonchev–Trinajstić information content (AvgIpc) is 3.22. The fourth-order valence-electron chi connectivity index (χ4n) is 3.97. The van der Waals surface area contributed by atoms with Crippen molar-refractivity contribution in [2.45, 2.75) is 52.5 Å². The van der Waals surface area contributed by atoms with Gasteiger partial charge in [-0.2, -0.15) is 5.26 Å². The van der Waals surface area contributed by atoms with Crippen molar-refractivity contribution < 1.29 is 9.18 Å². The van der Waals surface area contributed by atoms with Gasteiger partial charge in [0.2, 0.25) is 5.91 Å². The molecule has 3 rings (SSSR count). The molecular formula is C25H28FN3O. The van der Waals surface area contributed by atoms with Crippen molar-refractivity contribution >= 4 is 17.7 Å². The van der Waals surface area contributed by atoms with Gasteiger partial charge in [-0.25, -0.2) is 4.39 Å². The maximum atomic E-state index is 14.9. The summed E-state index contributed by atoms with van der Waals surface area (Å²) in [6, 6.07) is 11.6. The first-order valence-corrected chi connectivity index (χ1v) is 10.4. The van der Waals surface area contributed by atoms with Gasteiger partial charge in [-0.15, -0.1) is 0 Å². The SMILES string of the molecule is CC(=Cc1cc(C)c(-c2ccc(NC3CCCC3)cc2F)cc1C)C(=O)NCC#N. The molecule has 1 aliphatic carbocycles. The van der Waals surface area contributed by atoms with Crippen LogP contribution >= 0.6 is 0 Å². The predicted molar refractivity (Wildman–Crippen MR) is 119 cm³/mol. The van der Waals surface area contributed by atoms with Gasteiger partial charge in [0, 0.05) is 22.9 Å². The molecule has 0 bridgehead atoms. The summed E-state index contributed by atoms with van der Waals surface area (Å²) < 4.78 is 14.9. The number of nitrogens with zero attached hydrogens (tertiary/aromatic N) is 1. The number of carbonyl (C=O) groups excluding carboxylic acids is 1. The van der Waals surface area contributed by atoms with Crippen LogP contribution in [0.3, 0.4) is 0 Å². The van der Waals surface area contributed by atoms with E-state index in [0.29, 0.717) is 17.2 Å². The Morgan fingerprint density at radius 3 is 2.57 bits per heavy atom. The third-order valence-electron chi connectivity index (χ3n) is 5.66. The quantitative estimate of drug-likeness (QED) is 0.492. The number of aryl methyl sites for hydroxylation is 2. The minimum atomic E-state index is -0.269. The van der Waals surface area contributed by atoms with Crippen molar-refractivity contribution in [3.63, 3.8) is 0 Å². The standard InChI is InChI=1S/C25H28FN3O/c1-16-14-23(17(2)12-19(16)13-18(3)25(30)28-11-10-27)22-9-8-21(15-24(22)26)29-20-6-4-5-7-20/h8-9,12-15,20,29H,4-7,11H2,1-3H3,(H,28,30). The Bertz CT molecular complexity index is 1010. The zero-order valence-corrected chi connectivity index (χ0v) is 17.8. The Labute approximate surface area is 177 Å². The molecule has 0 aromatic heterocycles. The number of halogens is 1. The molecule has 0 spiro atoms. The fourth-order valence-corrected chi connectivity index (χ4v) is 3.97. The molecule has 156 valence electrons. The second-order valence-electron chi connectivity index (χ2n) is 8.01. The van der Waals surface area contributed by atoms with Gasteiger partial charge in [-0.1, -0.05) is 25.0 Å². The van der Waals surface area contributed by atoms with E-state index in [4.69, 9.17) is 5.26 Å². The zero-order valence-electron chi connectivity index (χ0n) is 17.8. The molecule has 0 unspecified atom stereocenters. The van der Waals surface area contributed by atoms with E-state index in [2.05, 4.69) is 10.6 Å². The lowest BCUT2D eigenvalue weighted by Crippen LogP contribution is -2.24. The maximum absolute atomic E-state index is 14.9. The summed E-state index contributed by atoms with van der Waals surface area (Å²) in [5, 5.41) is 14.6. The summed E-state index contributed by atoms with van der Waals surface area (Å²) in [6.07, 6.45) is 6.55. The van der Waals surface area contributed by atoms with Crippen LogP contribution in [0.1, 0.15) is 49.3 Å². The van der Waals surface area contributed by atoms with Gasteiger partial charge in [-0.3, -0.25) is 4.79 Å². The summed E-state index contributed by atoms with van der Waals surface area (Å²) in [6.45, 7) is 5.58. The molecular weight excluding hydrogens is 377 g/mol. The van der Waals surface area contributed by atoms with Gasteiger partial charge in [0.15, 0.2) is 0 Å². The van der Waals surface area contributed by atoms with E-state index in [9.17, 15) is 9.18 Å². The first-order chi connectivity index (χ1) is 14.4. The van der Waals surface area contributed by atoms with E-state index in [-0.39, 0.29) is 18.3 Å². The Hall–Kier alpha value is -3.13. The molecule has 0 atom stereocenters. The number of nitrogens with one attached hydrogen (secondary N) is 2. The molecule has 1 amide bonds. The summed E-state index contributed by atoms with van der Waals surface area (Å²) in [5.41, 5.74) is 5.57. The summed E-state index contributed by atoms with van der Waals surface area (Å²) >= 11 is 0. The lowest BCUT2D eigenvalue weighted by Gasteiger charge is -2.16. The Morgan fingerprint density at radius 1 is 1.17 bits per heavy atom. The number of carbonyl (C=O) groups is 1. The van der Waals surface area contributed by atoms with Crippen LogP contribution in [-0.2, 0) is 4.79 Å². The van der Waals surface area contributed by atoms with Crippen LogP contribution < -0.4 is 10.6 Å². The van der Waals surface area contributed by atoms with Crippen molar-refractivity contribution in [1.29, 1.82) is 5.26 Å². The molecule has 2 N–H and O–H groups in total. The second-order valence-corrected chi connectivity index (χ2v) is 8.01. The molecule has 1 fully saturated rings. The first kappa shape index (κ1) is 21.6. The van der Waals surface area contributed by atoms with Crippen LogP contribution in [0.2, 0.25) is 0 Å². The van der Waals surface area contributed by atoms with Crippen LogP contribution in [0.15, 0.2) is 35.9 Å². The number of benzene rings is 2. The maximum Gasteiger partial charge on any atom is 0.247 e. The summed E-state index contributed by atoms with van der Waals surface area (Å²) in [5.74, 6) is -0.509. The number of anilines is 1. The van der Waals surface area contributed by atoms with Gasteiger partial charge in [0.1, 0.15) is 12.4 Å². The zero-order chi connectivity index (χ0) is 21.7. The minimum Gasteiger partial charge on any atom is -0.382 e. The molecule has 2 aromatic rings. The number of hydrogen-bond acceptors (Lipinski definition) is 3. The van der Waals surface area contributed by atoms with Crippen molar-refractivity contribution in [2.75, 3.05) is 11.9 Å². The molecule has 0 heterocycles. The number of amides is 1. The highest BCUT2D eigenvalue weighted by molar-refractivity contribution is 5.97. The van der Waals surface area contributed by atoms with E-state index < -0.39 is 0 Å². The molecule has 0 radical (unpaired) electrons. The predicted octanol–water partition coefficient (Wildman–Crippen LogP) is 5.51. The summed E-state index contributed by atoms with van der Waals surface area (Å²) in [7, 11) is 0. The molecule has 30 heavy (non-hydrogen) atoms. The van der Waals surface area contributed by atoms with Crippen LogP contribution in [0.5, 0.6) is 0 Å². The average molecular weight is 406 g/mol. The molecule has 2 aromatic carbocycles. The first-order valence-electron chi connectivity index (χ1n) is 10.4. The van der Waals surface area contributed by atoms with Gasteiger partial charge >= 0.3 is 0 Å². The molecule has 1 aliphatic rings. The van der Waals surface area contributed by atoms with Gasteiger partial charge in [0.25, 0.3) is 0 Å². The van der Waals surface area contributed by atoms with Gasteiger partial charge in [-0.05, 0) is 80.1 Å². The number of hydrogen-bond donors (Lipinski definition) is 2. The monoisotopic (exact) mass is 405 g/mol. The normalized spacial score (nSPS) is 14.4. The third kappa shape index (κ3) is 5.07. The van der Waals surface area contributed by atoms with E-state index >= 15 is 0 Å². The van der Waals surface area contributed by atoms with E-state index in [1.165, 1.54) is 12.8 Å². The van der Waals surface area contributed by atoms with E-state index in [1.807, 2.05) is 44.2 Å². The fraction of sp³-hybridized carbons (Fsp3) is 0.360. The summed E-state index contributed by atoms with van der Waals surface area (Å²) in [4.78, 5) is 12.0. The van der Waals surface area contributed by atoms with Crippen LogP contribution in [0, 0.1) is 31.0 Å². The molecule has 1 saturated carbocycles. The van der Waals surface area contributed by atoms with Crippen LogP contribution in [0.4, 0.5) is 10.1 Å². The van der Waals surface area contributed by atoms with Gasteiger partial charge in [0.05, 0.1) is 6.07 Å². The Kier molecular flexibility index (Phi) is 6.89.